The Morgan fingerprint density at radius 1 is 0.651 bits per heavy atom. The van der Waals surface area contributed by atoms with E-state index in [0.717, 1.165) is 35.6 Å². The van der Waals surface area contributed by atoms with E-state index in [2.05, 4.69) is 55.4 Å². The molecule has 1 aromatic heterocycles. The predicted molar refractivity (Wildman–Crippen MR) is 163 cm³/mol. The van der Waals surface area contributed by atoms with Crippen molar-refractivity contribution in [1.82, 2.24) is 5.16 Å². The minimum Gasteiger partial charge on any atom is -0.493 e. The summed E-state index contributed by atoms with van der Waals surface area (Å²) in [6, 6.07) is 16.7. The monoisotopic (exact) mass is 601 g/mol. The standard InChI is InChI=1S/C33H47NO9/c1-27-24-33(28(2)23-32(27)29-7-4-3-5-8-29)42-11-6-9-31-25-30(34-43-31)26-41-22-21-40-20-19-39-18-17-38-16-15-37-14-13-36-12-10-35/h3-5,7-8,23-25,35H,6,9-22,26H2,1-2H3. The second-order valence-electron chi connectivity index (χ2n) is 9.87. The number of hydrogen-bond acceptors (Lipinski definition) is 10. The lowest BCUT2D eigenvalue weighted by atomic mass is 9.98. The first-order valence-corrected chi connectivity index (χ1v) is 15.0. The molecule has 10 nitrogen and oxygen atoms in total. The van der Waals surface area contributed by atoms with Gasteiger partial charge in [0.05, 0.1) is 92.5 Å². The Morgan fingerprint density at radius 3 is 1.84 bits per heavy atom. The van der Waals surface area contributed by atoms with Gasteiger partial charge in [0.25, 0.3) is 0 Å². The largest absolute Gasteiger partial charge is 0.493 e. The van der Waals surface area contributed by atoms with Crippen LogP contribution in [0.4, 0.5) is 0 Å². The highest BCUT2D eigenvalue weighted by molar-refractivity contribution is 5.69. The van der Waals surface area contributed by atoms with Crippen LogP contribution in [-0.4, -0.2) is 96.2 Å². The fourth-order valence-electron chi connectivity index (χ4n) is 4.18. The van der Waals surface area contributed by atoms with Crippen molar-refractivity contribution in [3.05, 3.63) is 71.1 Å². The second-order valence-corrected chi connectivity index (χ2v) is 9.87. The number of nitrogens with zero attached hydrogens (tertiary/aromatic N) is 1. The lowest BCUT2D eigenvalue weighted by molar-refractivity contribution is -0.0192. The first-order chi connectivity index (χ1) is 21.2. The number of hydrogen-bond donors (Lipinski definition) is 1. The van der Waals surface area contributed by atoms with E-state index < -0.39 is 0 Å². The molecule has 0 aliphatic heterocycles. The number of benzene rings is 2. The predicted octanol–water partition coefficient (Wildman–Crippen LogP) is 4.56. The normalized spacial score (nSPS) is 11.3. The van der Waals surface area contributed by atoms with Crippen molar-refractivity contribution in [3.8, 4) is 16.9 Å². The summed E-state index contributed by atoms with van der Waals surface area (Å²) >= 11 is 0. The Balaban J connectivity index is 1.14. The molecule has 0 aliphatic carbocycles. The van der Waals surface area contributed by atoms with Gasteiger partial charge in [-0.1, -0.05) is 35.5 Å². The number of aliphatic hydroxyl groups is 1. The minimum atomic E-state index is 0.0255. The van der Waals surface area contributed by atoms with Crippen LogP contribution in [0.5, 0.6) is 5.75 Å². The van der Waals surface area contributed by atoms with Crippen molar-refractivity contribution in [3.63, 3.8) is 0 Å². The van der Waals surface area contributed by atoms with Gasteiger partial charge in [-0.25, -0.2) is 0 Å². The summed E-state index contributed by atoms with van der Waals surface area (Å²) in [5.41, 5.74) is 5.54. The highest BCUT2D eigenvalue weighted by atomic mass is 16.6. The van der Waals surface area contributed by atoms with Crippen LogP contribution in [0.1, 0.15) is 29.0 Å². The summed E-state index contributed by atoms with van der Waals surface area (Å²) in [6.45, 7) is 10.4. The van der Waals surface area contributed by atoms with E-state index in [4.69, 9.17) is 42.8 Å². The van der Waals surface area contributed by atoms with Gasteiger partial charge >= 0.3 is 0 Å². The number of rotatable bonds is 25. The Labute approximate surface area is 255 Å². The molecule has 1 N–H and O–H groups in total. The van der Waals surface area contributed by atoms with Crippen LogP contribution in [0.25, 0.3) is 11.1 Å². The molecule has 3 rings (SSSR count). The van der Waals surface area contributed by atoms with Gasteiger partial charge in [-0.15, -0.1) is 0 Å². The van der Waals surface area contributed by atoms with Crippen LogP contribution >= 0.6 is 0 Å². The molecule has 0 unspecified atom stereocenters. The Morgan fingerprint density at radius 2 is 1.23 bits per heavy atom. The molecule has 1 heterocycles. The number of aliphatic hydroxyl groups excluding tert-OH is 1. The van der Waals surface area contributed by atoms with Gasteiger partial charge in [0.1, 0.15) is 17.2 Å². The van der Waals surface area contributed by atoms with E-state index in [9.17, 15) is 0 Å². The summed E-state index contributed by atoms with van der Waals surface area (Å²) in [5, 5.41) is 12.7. The third-order valence-electron chi connectivity index (χ3n) is 6.39. The molecule has 2 aromatic carbocycles. The van der Waals surface area contributed by atoms with Crippen molar-refractivity contribution in [2.45, 2.75) is 33.3 Å². The third kappa shape index (κ3) is 14.5. The summed E-state index contributed by atoms with van der Waals surface area (Å²) in [6.07, 6.45) is 1.57. The van der Waals surface area contributed by atoms with Gasteiger partial charge < -0.3 is 42.8 Å². The zero-order valence-electron chi connectivity index (χ0n) is 25.6. The van der Waals surface area contributed by atoms with E-state index >= 15 is 0 Å². The van der Waals surface area contributed by atoms with E-state index in [-0.39, 0.29) is 6.61 Å². The zero-order valence-corrected chi connectivity index (χ0v) is 25.6. The van der Waals surface area contributed by atoms with Crippen molar-refractivity contribution >= 4 is 0 Å². The molecule has 0 saturated carbocycles. The summed E-state index contributed by atoms with van der Waals surface area (Å²) in [4.78, 5) is 0. The van der Waals surface area contributed by atoms with Crippen LogP contribution < -0.4 is 4.74 Å². The highest BCUT2D eigenvalue weighted by Crippen LogP contribution is 2.30. The maximum atomic E-state index is 8.59. The van der Waals surface area contributed by atoms with Crippen molar-refractivity contribution in [2.75, 3.05) is 85.9 Å². The molecule has 3 aromatic rings. The smallest absolute Gasteiger partial charge is 0.137 e. The molecule has 0 bridgehead atoms. The lowest BCUT2D eigenvalue weighted by Crippen LogP contribution is -2.14. The highest BCUT2D eigenvalue weighted by Gasteiger charge is 2.09. The molecule has 0 aliphatic rings. The third-order valence-corrected chi connectivity index (χ3v) is 6.39. The summed E-state index contributed by atoms with van der Waals surface area (Å²) < 4.78 is 44.0. The zero-order chi connectivity index (χ0) is 30.4. The van der Waals surface area contributed by atoms with Gasteiger partial charge in [-0.05, 0) is 54.7 Å². The summed E-state index contributed by atoms with van der Waals surface area (Å²) in [7, 11) is 0. The molecule has 0 atom stereocenters. The van der Waals surface area contributed by atoms with Gasteiger partial charge in [0.2, 0.25) is 0 Å². The Hall–Kier alpha value is -2.83. The second kappa shape index (κ2) is 21.8. The van der Waals surface area contributed by atoms with Crippen molar-refractivity contribution in [1.29, 1.82) is 0 Å². The Bertz CT molecular complexity index is 1120. The fraction of sp³-hybridized carbons (Fsp3) is 0.545. The molecule has 0 saturated heterocycles. The molecule has 0 fully saturated rings. The van der Waals surface area contributed by atoms with E-state index in [1.54, 1.807) is 0 Å². The molecular weight excluding hydrogens is 554 g/mol. The molecule has 238 valence electrons. The van der Waals surface area contributed by atoms with Gasteiger partial charge in [0.15, 0.2) is 0 Å². The van der Waals surface area contributed by atoms with Gasteiger partial charge in [-0.2, -0.15) is 0 Å². The lowest BCUT2D eigenvalue weighted by Gasteiger charge is -2.13. The van der Waals surface area contributed by atoms with Crippen LogP contribution in [0, 0.1) is 13.8 Å². The molecule has 10 heteroatoms. The maximum absolute atomic E-state index is 8.59. The molecular formula is C33H47NO9. The molecule has 0 amide bonds. The van der Waals surface area contributed by atoms with Crippen LogP contribution in [0.3, 0.4) is 0 Å². The van der Waals surface area contributed by atoms with Gasteiger partial charge in [-0.3, -0.25) is 0 Å². The minimum absolute atomic E-state index is 0.0255. The molecule has 0 radical (unpaired) electrons. The Kier molecular flexibility index (Phi) is 17.6. The topological polar surface area (TPSA) is 111 Å². The van der Waals surface area contributed by atoms with E-state index in [0.29, 0.717) is 85.9 Å². The summed E-state index contributed by atoms with van der Waals surface area (Å²) in [5.74, 6) is 1.74. The molecule has 43 heavy (non-hydrogen) atoms. The number of ether oxygens (including phenoxy) is 7. The van der Waals surface area contributed by atoms with Crippen LogP contribution in [0.15, 0.2) is 53.1 Å². The quantitative estimate of drug-likeness (QED) is 0.139. The van der Waals surface area contributed by atoms with E-state index in [1.807, 2.05) is 12.1 Å². The number of aromatic nitrogens is 1. The fourth-order valence-corrected chi connectivity index (χ4v) is 4.18. The van der Waals surface area contributed by atoms with Crippen molar-refractivity contribution in [2.24, 2.45) is 0 Å². The van der Waals surface area contributed by atoms with E-state index in [1.165, 1.54) is 16.7 Å². The molecule has 0 spiro atoms. The van der Waals surface area contributed by atoms with Crippen LogP contribution in [0.2, 0.25) is 0 Å². The maximum Gasteiger partial charge on any atom is 0.137 e. The first-order valence-electron chi connectivity index (χ1n) is 15.0. The van der Waals surface area contributed by atoms with Gasteiger partial charge in [0, 0.05) is 12.5 Å². The average Bonchev–Trinajstić information content (AvgIpc) is 3.48. The SMILES string of the molecule is Cc1cc(-c2ccccc2)c(C)cc1OCCCc1cc(COCCOCCOCCOCCOCCOCCO)no1. The average molecular weight is 602 g/mol. The number of aryl methyl sites for hydroxylation is 3. The van der Waals surface area contributed by atoms with Crippen molar-refractivity contribution < 1.29 is 42.8 Å². The van der Waals surface area contributed by atoms with Crippen LogP contribution in [-0.2, 0) is 41.4 Å². The first kappa shape index (κ1) is 34.7.